The van der Waals surface area contributed by atoms with Gasteiger partial charge in [0.15, 0.2) is 0 Å². The third-order valence-electron chi connectivity index (χ3n) is 0.911. The Morgan fingerprint density at radius 3 is 2.80 bits per heavy atom. The van der Waals surface area contributed by atoms with Crippen molar-refractivity contribution in [1.82, 2.24) is 4.98 Å². The van der Waals surface area contributed by atoms with Gasteiger partial charge < -0.3 is 10.6 Å². The van der Waals surface area contributed by atoms with Crippen LogP contribution in [0.3, 0.4) is 0 Å². The lowest BCUT2D eigenvalue weighted by Gasteiger charge is -1.90. The van der Waals surface area contributed by atoms with Gasteiger partial charge in [0.25, 0.3) is 5.82 Å². The summed E-state index contributed by atoms with van der Waals surface area (Å²) < 4.78 is 0. The van der Waals surface area contributed by atoms with Crippen LogP contribution in [0.5, 0.6) is 0 Å². The van der Waals surface area contributed by atoms with Gasteiger partial charge in [-0.05, 0) is 6.07 Å². The van der Waals surface area contributed by atoms with E-state index in [2.05, 4.69) is 9.83 Å². The smallest absolute Gasteiger partial charge is 0.273 e. The third-order valence-corrected chi connectivity index (χ3v) is 1.13. The lowest BCUT2D eigenvalue weighted by molar-refractivity contribution is 1.36. The minimum Gasteiger partial charge on any atom is -0.364 e. The SMILES string of the molecule is [C-]#[N+]c1cc(Cl)cc(N)n1. The second-order valence-corrected chi connectivity index (χ2v) is 2.12. The largest absolute Gasteiger partial charge is 0.364 e. The molecule has 0 unspecified atom stereocenters. The Balaban J connectivity index is 3.22. The molecular formula is C6H4ClN3. The molecule has 10 heavy (non-hydrogen) atoms. The van der Waals surface area contributed by atoms with Crippen molar-refractivity contribution < 1.29 is 0 Å². The van der Waals surface area contributed by atoms with E-state index in [1.165, 1.54) is 12.1 Å². The van der Waals surface area contributed by atoms with Gasteiger partial charge in [0.2, 0.25) is 5.82 Å². The number of nitrogen functional groups attached to an aromatic ring is 1. The van der Waals surface area contributed by atoms with E-state index in [4.69, 9.17) is 23.9 Å². The lowest BCUT2D eigenvalue weighted by atomic mass is 10.4. The molecule has 2 N–H and O–H groups in total. The maximum Gasteiger partial charge on any atom is 0.273 e. The highest BCUT2D eigenvalue weighted by atomic mass is 35.5. The topological polar surface area (TPSA) is 43.3 Å². The van der Waals surface area contributed by atoms with Gasteiger partial charge in [-0.15, -0.1) is 4.98 Å². The summed E-state index contributed by atoms with van der Waals surface area (Å²) in [5, 5.41) is 0.443. The summed E-state index contributed by atoms with van der Waals surface area (Å²) in [6, 6.07) is 2.96. The second kappa shape index (κ2) is 2.54. The molecule has 0 aliphatic rings. The number of rotatable bonds is 0. The van der Waals surface area contributed by atoms with Crippen LogP contribution in [-0.4, -0.2) is 4.98 Å². The number of nitrogens with two attached hydrogens (primary N) is 1. The highest BCUT2D eigenvalue weighted by Gasteiger charge is 1.98. The van der Waals surface area contributed by atoms with Gasteiger partial charge in [0, 0.05) is 11.1 Å². The summed E-state index contributed by atoms with van der Waals surface area (Å²) in [6.07, 6.45) is 0. The molecule has 0 bridgehead atoms. The Kier molecular flexibility index (Phi) is 1.74. The van der Waals surface area contributed by atoms with Crippen molar-refractivity contribution in [3.63, 3.8) is 0 Å². The molecule has 3 nitrogen and oxygen atoms in total. The van der Waals surface area contributed by atoms with Crippen LogP contribution in [0.25, 0.3) is 4.85 Å². The maximum absolute atomic E-state index is 6.59. The molecule has 0 saturated heterocycles. The van der Waals surface area contributed by atoms with Crippen molar-refractivity contribution in [2.75, 3.05) is 5.73 Å². The Morgan fingerprint density at radius 2 is 2.30 bits per heavy atom. The molecule has 0 aliphatic heterocycles. The molecular weight excluding hydrogens is 150 g/mol. The van der Waals surface area contributed by atoms with E-state index in [1.807, 2.05) is 0 Å². The average Bonchev–Trinajstić information content (AvgIpc) is 1.85. The number of hydrogen-bond acceptors (Lipinski definition) is 2. The fourth-order valence-electron chi connectivity index (χ4n) is 0.560. The Labute approximate surface area is 63.3 Å². The molecule has 1 aromatic heterocycles. The first-order valence-corrected chi connectivity index (χ1v) is 2.90. The number of halogens is 1. The van der Waals surface area contributed by atoms with Crippen molar-refractivity contribution in [1.29, 1.82) is 0 Å². The first-order chi connectivity index (χ1) is 4.72. The maximum atomic E-state index is 6.59. The predicted octanol–water partition coefficient (Wildman–Crippen LogP) is 1.87. The molecule has 1 aromatic rings. The molecule has 0 saturated carbocycles. The fourth-order valence-corrected chi connectivity index (χ4v) is 0.770. The fraction of sp³-hybridized carbons (Fsp3) is 0. The summed E-state index contributed by atoms with van der Waals surface area (Å²) >= 11 is 5.57. The standard InChI is InChI=1S/C6H4ClN3/c1-9-6-3-4(7)2-5(8)10-6/h2-3H,(H2,8,10). The lowest BCUT2D eigenvalue weighted by Crippen LogP contribution is -1.87. The number of anilines is 1. The average molecular weight is 154 g/mol. The van der Waals surface area contributed by atoms with E-state index in [9.17, 15) is 0 Å². The number of nitrogens with zero attached hydrogens (tertiary/aromatic N) is 2. The van der Waals surface area contributed by atoms with Crippen LogP contribution in [0.4, 0.5) is 11.6 Å². The zero-order valence-corrected chi connectivity index (χ0v) is 5.76. The van der Waals surface area contributed by atoms with E-state index in [-0.39, 0.29) is 11.6 Å². The summed E-state index contributed by atoms with van der Waals surface area (Å²) in [5.74, 6) is 0.503. The van der Waals surface area contributed by atoms with Crippen molar-refractivity contribution in [3.05, 3.63) is 28.6 Å². The van der Waals surface area contributed by atoms with Crippen LogP contribution in [0, 0.1) is 6.57 Å². The van der Waals surface area contributed by atoms with Crippen molar-refractivity contribution in [2.45, 2.75) is 0 Å². The third kappa shape index (κ3) is 1.36. The summed E-state index contributed by atoms with van der Waals surface area (Å²) in [7, 11) is 0. The quantitative estimate of drug-likeness (QED) is 0.579. The summed E-state index contributed by atoms with van der Waals surface area (Å²) in [4.78, 5) is 6.76. The zero-order chi connectivity index (χ0) is 7.56. The number of aromatic nitrogens is 1. The summed E-state index contributed by atoms with van der Waals surface area (Å²) in [5.41, 5.74) is 5.30. The number of pyridine rings is 1. The van der Waals surface area contributed by atoms with E-state index >= 15 is 0 Å². The van der Waals surface area contributed by atoms with Gasteiger partial charge in [-0.2, -0.15) is 0 Å². The van der Waals surface area contributed by atoms with Crippen LogP contribution in [0.15, 0.2) is 12.1 Å². The molecule has 0 aromatic carbocycles. The molecule has 0 fully saturated rings. The van der Waals surface area contributed by atoms with Gasteiger partial charge in [-0.1, -0.05) is 18.2 Å². The monoisotopic (exact) mass is 153 g/mol. The predicted molar refractivity (Wildman–Crippen MR) is 39.9 cm³/mol. The van der Waals surface area contributed by atoms with Crippen LogP contribution in [0.1, 0.15) is 0 Å². The molecule has 0 amide bonds. The Hall–Kier alpha value is -1.27. The Morgan fingerprint density at radius 1 is 1.60 bits per heavy atom. The van der Waals surface area contributed by atoms with Gasteiger partial charge >= 0.3 is 0 Å². The van der Waals surface area contributed by atoms with Gasteiger partial charge in [0.1, 0.15) is 0 Å². The molecule has 0 aliphatic carbocycles. The van der Waals surface area contributed by atoms with Gasteiger partial charge in [-0.25, -0.2) is 0 Å². The normalized spacial score (nSPS) is 8.80. The van der Waals surface area contributed by atoms with Crippen LogP contribution >= 0.6 is 11.6 Å². The molecule has 0 atom stereocenters. The first-order valence-electron chi connectivity index (χ1n) is 2.53. The summed E-state index contributed by atoms with van der Waals surface area (Å²) in [6.45, 7) is 6.59. The van der Waals surface area contributed by atoms with Crippen LogP contribution in [-0.2, 0) is 0 Å². The second-order valence-electron chi connectivity index (χ2n) is 1.68. The van der Waals surface area contributed by atoms with E-state index < -0.39 is 0 Å². The van der Waals surface area contributed by atoms with Gasteiger partial charge in [-0.3, -0.25) is 0 Å². The molecule has 4 heteroatoms. The van der Waals surface area contributed by atoms with Crippen molar-refractivity contribution in [2.24, 2.45) is 0 Å². The highest BCUT2D eigenvalue weighted by Crippen LogP contribution is 2.17. The highest BCUT2D eigenvalue weighted by molar-refractivity contribution is 6.31. The zero-order valence-electron chi connectivity index (χ0n) is 5.00. The molecule has 0 radical (unpaired) electrons. The molecule has 1 rings (SSSR count). The van der Waals surface area contributed by atoms with Crippen molar-refractivity contribution >= 4 is 23.2 Å². The van der Waals surface area contributed by atoms with Crippen molar-refractivity contribution in [3.8, 4) is 0 Å². The molecule has 0 spiro atoms. The van der Waals surface area contributed by atoms with E-state index in [0.29, 0.717) is 5.02 Å². The minimum absolute atomic E-state index is 0.227. The first kappa shape index (κ1) is 6.84. The van der Waals surface area contributed by atoms with Crippen LogP contribution in [0.2, 0.25) is 5.02 Å². The Bertz CT molecular complexity index is 269. The van der Waals surface area contributed by atoms with E-state index in [1.54, 1.807) is 0 Å². The minimum atomic E-state index is 0.227. The molecule has 1 heterocycles. The van der Waals surface area contributed by atoms with Crippen LogP contribution < -0.4 is 5.73 Å². The van der Waals surface area contributed by atoms with Gasteiger partial charge in [0.05, 0.1) is 0 Å². The molecule has 50 valence electrons. The number of hydrogen-bond donors (Lipinski definition) is 1. The van der Waals surface area contributed by atoms with E-state index in [0.717, 1.165) is 0 Å².